The SMILES string of the molecule is C=C(C)C(=O)OCCSCC(C)C(=O)OCCc1ccc(OCOC)c(-n2nc3ccccc3n2)c1. The van der Waals surface area contributed by atoms with Crippen molar-refractivity contribution in [2.75, 3.05) is 38.6 Å². The Bertz CT molecular complexity index is 1160. The second-order valence-corrected chi connectivity index (χ2v) is 9.29. The van der Waals surface area contributed by atoms with Crippen LogP contribution in [0, 0.1) is 5.92 Å². The number of thioether (sulfide) groups is 1. The molecule has 10 heteroatoms. The summed E-state index contributed by atoms with van der Waals surface area (Å²) in [7, 11) is 1.56. The first-order valence-electron chi connectivity index (χ1n) is 11.5. The van der Waals surface area contributed by atoms with Crippen LogP contribution in [-0.4, -0.2) is 65.6 Å². The topological polar surface area (TPSA) is 102 Å². The molecule has 2 aromatic carbocycles. The minimum atomic E-state index is -0.402. The van der Waals surface area contributed by atoms with E-state index >= 15 is 0 Å². The molecule has 0 amide bonds. The van der Waals surface area contributed by atoms with Crippen molar-refractivity contribution in [3.63, 3.8) is 0 Å². The van der Waals surface area contributed by atoms with E-state index in [9.17, 15) is 9.59 Å². The van der Waals surface area contributed by atoms with E-state index in [0.717, 1.165) is 16.6 Å². The average Bonchev–Trinajstić information content (AvgIpc) is 3.31. The highest BCUT2D eigenvalue weighted by Gasteiger charge is 2.16. The van der Waals surface area contributed by atoms with Gasteiger partial charge in [0.25, 0.3) is 0 Å². The highest BCUT2D eigenvalue weighted by molar-refractivity contribution is 7.99. The van der Waals surface area contributed by atoms with Gasteiger partial charge in [-0.15, -0.1) is 15.0 Å². The van der Waals surface area contributed by atoms with Gasteiger partial charge in [0.05, 0.1) is 12.5 Å². The van der Waals surface area contributed by atoms with E-state index < -0.39 is 5.97 Å². The zero-order chi connectivity index (χ0) is 25.9. The molecule has 0 aliphatic rings. The van der Waals surface area contributed by atoms with Gasteiger partial charge in [-0.25, -0.2) is 4.79 Å². The smallest absolute Gasteiger partial charge is 0.333 e. The van der Waals surface area contributed by atoms with E-state index in [1.54, 1.807) is 14.0 Å². The molecule has 192 valence electrons. The summed E-state index contributed by atoms with van der Waals surface area (Å²) in [5.74, 6) is 0.832. The van der Waals surface area contributed by atoms with Gasteiger partial charge >= 0.3 is 11.9 Å². The second-order valence-electron chi connectivity index (χ2n) is 8.14. The number of hydrogen-bond donors (Lipinski definition) is 0. The van der Waals surface area contributed by atoms with Crippen molar-refractivity contribution >= 4 is 34.7 Å². The third-order valence-corrected chi connectivity index (χ3v) is 6.26. The van der Waals surface area contributed by atoms with Gasteiger partial charge in [-0.3, -0.25) is 4.79 Å². The zero-order valence-corrected chi connectivity index (χ0v) is 21.6. The summed E-state index contributed by atoms with van der Waals surface area (Å²) < 4.78 is 21.3. The maximum atomic E-state index is 12.4. The fourth-order valence-corrected chi connectivity index (χ4v) is 4.00. The first-order valence-corrected chi connectivity index (χ1v) is 12.7. The van der Waals surface area contributed by atoms with Crippen molar-refractivity contribution in [1.29, 1.82) is 0 Å². The van der Waals surface area contributed by atoms with E-state index in [2.05, 4.69) is 16.8 Å². The van der Waals surface area contributed by atoms with Crippen LogP contribution in [0.3, 0.4) is 0 Å². The van der Waals surface area contributed by atoms with Crippen molar-refractivity contribution in [3.8, 4) is 11.4 Å². The van der Waals surface area contributed by atoms with Crippen LogP contribution in [0.2, 0.25) is 0 Å². The Balaban J connectivity index is 1.53. The molecule has 3 aromatic rings. The van der Waals surface area contributed by atoms with Crippen molar-refractivity contribution in [1.82, 2.24) is 15.0 Å². The van der Waals surface area contributed by atoms with Gasteiger partial charge in [-0.05, 0) is 36.8 Å². The number of nitrogens with zero attached hydrogens (tertiary/aromatic N) is 3. The highest BCUT2D eigenvalue weighted by Crippen LogP contribution is 2.25. The van der Waals surface area contributed by atoms with Crippen molar-refractivity contribution in [2.24, 2.45) is 5.92 Å². The predicted octanol–water partition coefficient (Wildman–Crippen LogP) is 3.98. The number of carbonyl (C=O) groups excluding carboxylic acids is 2. The molecule has 0 fully saturated rings. The Morgan fingerprint density at radius 2 is 1.81 bits per heavy atom. The minimum absolute atomic E-state index is 0.0942. The van der Waals surface area contributed by atoms with E-state index in [1.807, 2.05) is 49.4 Å². The highest BCUT2D eigenvalue weighted by atomic mass is 32.2. The maximum Gasteiger partial charge on any atom is 0.333 e. The summed E-state index contributed by atoms with van der Waals surface area (Å²) in [5, 5.41) is 9.10. The number of aromatic nitrogens is 3. The maximum absolute atomic E-state index is 12.4. The number of ether oxygens (including phenoxy) is 4. The Morgan fingerprint density at radius 3 is 2.47 bits per heavy atom. The van der Waals surface area contributed by atoms with E-state index in [1.165, 1.54) is 16.6 Å². The third-order valence-electron chi connectivity index (χ3n) is 5.07. The molecule has 0 saturated carbocycles. The quantitative estimate of drug-likeness (QED) is 0.137. The predicted molar refractivity (Wildman–Crippen MR) is 138 cm³/mol. The molecule has 0 N–H and O–H groups in total. The Labute approximate surface area is 214 Å². The largest absolute Gasteiger partial charge is 0.465 e. The standard InChI is InChI=1S/C26H31N3O6S/c1-18(2)25(30)34-13-14-36-16-19(3)26(31)33-12-11-20-9-10-24(35-17-32-4)23(15-20)29-27-21-7-5-6-8-22(21)28-29/h5-10,15,19H,1,11-14,16-17H2,2-4H3. The van der Waals surface area contributed by atoms with Crippen molar-refractivity contribution in [2.45, 2.75) is 20.3 Å². The second kappa shape index (κ2) is 13.6. The first-order chi connectivity index (χ1) is 17.4. The van der Waals surface area contributed by atoms with Crippen molar-refractivity contribution in [3.05, 3.63) is 60.2 Å². The molecule has 1 atom stereocenters. The molecule has 0 saturated heterocycles. The molecular weight excluding hydrogens is 482 g/mol. The zero-order valence-electron chi connectivity index (χ0n) is 20.8. The lowest BCUT2D eigenvalue weighted by Crippen LogP contribution is -2.19. The number of fused-ring (bicyclic) bond motifs is 1. The van der Waals surface area contributed by atoms with E-state index in [-0.39, 0.29) is 31.9 Å². The monoisotopic (exact) mass is 513 g/mol. The summed E-state index contributed by atoms with van der Waals surface area (Å²) in [4.78, 5) is 25.3. The molecule has 1 aromatic heterocycles. The molecular formula is C26H31N3O6S. The number of methoxy groups -OCH3 is 1. The molecule has 1 unspecified atom stereocenters. The number of esters is 2. The van der Waals surface area contributed by atoms with E-state index in [4.69, 9.17) is 18.9 Å². The average molecular weight is 514 g/mol. The minimum Gasteiger partial charge on any atom is -0.465 e. The summed E-state index contributed by atoms with van der Waals surface area (Å²) in [6.45, 7) is 7.59. The molecule has 0 aliphatic carbocycles. The Kier molecular flexibility index (Phi) is 10.3. The molecule has 0 radical (unpaired) electrons. The summed E-state index contributed by atoms with van der Waals surface area (Å²) in [6.07, 6.45) is 0.529. The number of rotatable bonds is 14. The van der Waals surface area contributed by atoms with Crippen LogP contribution in [0.5, 0.6) is 5.75 Å². The van der Waals surface area contributed by atoms with Crippen LogP contribution >= 0.6 is 11.8 Å². The van der Waals surface area contributed by atoms with Crippen LogP contribution in [0.25, 0.3) is 16.7 Å². The lowest BCUT2D eigenvalue weighted by molar-refractivity contribution is -0.147. The molecule has 36 heavy (non-hydrogen) atoms. The van der Waals surface area contributed by atoms with Crippen LogP contribution in [0.4, 0.5) is 0 Å². The fourth-order valence-electron chi connectivity index (χ4n) is 3.14. The van der Waals surface area contributed by atoms with Crippen LogP contribution in [-0.2, 0) is 30.2 Å². The van der Waals surface area contributed by atoms with Gasteiger partial charge < -0.3 is 18.9 Å². The van der Waals surface area contributed by atoms with Crippen LogP contribution in [0.15, 0.2) is 54.6 Å². The lowest BCUT2D eigenvalue weighted by Gasteiger charge is -2.13. The Morgan fingerprint density at radius 1 is 1.08 bits per heavy atom. The summed E-state index contributed by atoms with van der Waals surface area (Å²) in [6, 6.07) is 13.3. The van der Waals surface area contributed by atoms with E-state index in [0.29, 0.717) is 34.9 Å². The summed E-state index contributed by atoms with van der Waals surface area (Å²) >= 11 is 1.53. The normalized spacial score (nSPS) is 11.8. The van der Waals surface area contributed by atoms with Gasteiger partial charge in [-0.2, -0.15) is 11.8 Å². The number of carbonyl (C=O) groups is 2. The third kappa shape index (κ3) is 7.82. The molecule has 9 nitrogen and oxygen atoms in total. The van der Waals surface area contributed by atoms with Crippen molar-refractivity contribution < 1.29 is 28.5 Å². The van der Waals surface area contributed by atoms with Gasteiger partial charge in [0.15, 0.2) is 6.79 Å². The van der Waals surface area contributed by atoms with Gasteiger partial charge in [0.1, 0.15) is 29.1 Å². The number of hydrogen-bond acceptors (Lipinski definition) is 9. The molecule has 3 rings (SSSR count). The summed E-state index contributed by atoms with van der Waals surface area (Å²) in [5.41, 5.74) is 3.54. The van der Waals surface area contributed by atoms with Gasteiger partial charge in [0, 0.05) is 30.6 Å². The van der Waals surface area contributed by atoms with Gasteiger partial charge in [0.2, 0.25) is 0 Å². The molecule has 0 bridgehead atoms. The molecule has 1 heterocycles. The molecule has 0 spiro atoms. The Hall–Kier alpha value is -3.37. The van der Waals surface area contributed by atoms with Gasteiger partial charge in [-0.1, -0.05) is 31.7 Å². The molecule has 0 aliphatic heterocycles. The number of benzene rings is 2. The fraction of sp³-hybridized carbons (Fsp3) is 0.385. The lowest BCUT2D eigenvalue weighted by atomic mass is 10.1. The first kappa shape index (κ1) is 27.2. The van der Waals surface area contributed by atoms with Crippen LogP contribution < -0.4 is 4.74 Å². The van der Waals surface area contributed by atoms with Crippen LogP contribution in [0.1, 0.15) is 19.4 Å².